The Labute approximate surface area is 131 Å². The number of hydrogen-bond donors (Lipinski definition) is 3. The van der Waals surface area contributed by atoms with Crippen molar-refractivity contribution in [1.82, 2.24) is 5.32 Å². The second-order valence-electron chi connectivity index (χ2n) is 4.81. The van der Waals surface area contributed by atoms with Crippen LogP contribution < -0.4 is 11.1 Å². The molecule has 1 aliphatic rings. The molecule has 4 N–H and O–H groups in total. The largest absolute Gasteiger partial charge is 0.480 e. The lowest BCUT2D eigenvalue weighted by molar-refractivity contribution is -0.148. The standard InChI is InChI=1S/C13H14Cl2N2O4/c14-8-5-7(6-9(15)10(8)16)11(18)17-13(12(19)20)1-3-21-4-2-13/h5-6H,1-4,16H2,(H,17,18)(H,19,20). The molecule has 8 heteroatoms. The zero-order valence-corrected chi connectivity index (χ0v) is 12.5. The first-order valence-electron chi connectivity index (χ1n) is 6.24. The molecule has 1 aliphatic heterocycles. The summed E-state index contributed by atoms with van der Waals surface area (Å²) in [5, 5.41) is 12.2. The van der Waals surface area contributed by atoms with Gasteiger partial charge in [-0.25, -0.2) is 4.79 Å². The van der Waals surface area contributed by atoms with Crippen LogP contribution in [0.1, 0.15) is 23.2 Å². The molecule has 2 rings (SSSR count). The summed E-state index contributed by atoms with van der Waals surface area (Å²) in [5.74, 6) is -1.66. The van der Waals surface area contributed by atoms with Gasteiger partial charge in [0.2, 0.25) is 0 Å². The molecule has 0 radical (unpaired) electrons. The zero-order valence-electron chi connectivity index (χ0n) is 11.0. The lowest BCUT2D eigenvalue weighted by Crippen LogP contribution is -2.57. The van der Waals surface area contributed by atoms with Crippen LogP contribution in [0.15, 0.2) is 12.1 Å². The smallest absolute Gasteiger partial charge is 0.329 e. The van der Waals surface area contributed by atoms with Gasteiger partial charge in [0.25, 0.3) is 5.91 Å². The van der Waals surface area contributed by atoms with Crippen LogP contribution in [0.25, 0.3) is 0 Å². The summed E-state index contributed by atoms with van der Waals surface area (Å²) in [6, 6.07) is 2.71. The molecule has 0 aliphatic carbocycles. The van der Waals surface area contributed by atoms with Gasteiger partial charge in [-0.2, -0.15) is 0 Å². The number of halogens is 2. The Morgan fingerprint density at radius 1 is 1.24 bits per heavy atom. The Hall–Kier alpha value is -1.50. The number of carboxylic acids is 1. The fourth-order valence-corrected chi connectivity index (χ4v) is 2.60. The molecule has 0 bridgehead atoms. The number of aliphatic carboxylic acids is 1. The minimum Gasteiger partial charge on any atom is -0.480 e. The van der Waals surface area contributed by atoms with Gasteiger partial charge < -0.3 is 20.9 Å². The molecule has 0 aromatic heterocycles. The molecule has 1 amide bonds. The minimum absolute atomic E-state index is 0.143. The Kier molecular flexibility index (Phi) is 4.61. The number of ether oxygens (including phenoxy) is 1. The van der Waals surface area contributed by atoms with Crippen LogP contribution in [0, 0.1) is 0 Å². The third kappa shape index (κ3) is 3.23. The molecular formula is C13H14Cl2N2O4. The second kappa shape index (κ2) is 6.09. The Bertz CT molecular complexity index is 563. The second-order valence-corrected chi connectivity index (χ2v) is 5.62. The van der Waals surface area contributed by atoms with Gasteiger partial charge in [-0.15, -0.1) is 0 Å². The topological polar surface area (TPSA) is 102 Å². The number of carboxylic acid groups (broad SMARTS) is 1. The van der Waals surface area contributed by atoms with Crippen LogP contribution in [-0.2, 0) is 9.53 Å². The molecule has 0 unspecified atom stereocenters. The predicted octanol–water partition coefficient (Wildman–Crippen LogP) is 1.94. The molecule has 1 saturated heterocycles. The number of amides is 1. The predicted molar refractivity (Wildman–Crippen MR) is 78.8 cm³/mol. The monoisotopic (exact) mass is 332 g/mol. The molecule has 21 heavy (non-hydrogen) atoms. The van der Waals surface area contributed by atoms with E-state index in [1.54, 1.807) is 0 Å². The number of anilines is 1. The van der Waals surface area contributed by atoms with E-state index in [9.17, 15) is 14.7 Å². The van der Waals surface area contributed by atoms with Crippen molar-refractivity contribution in [2.75, 3.05) is 18.9 Å². The van der Waals surface area contributed by atoms with Crippen molar-refractivity contribution in [2.24, 2.45) is 0 Å². The van der Waals surface area contributed by atoms with Crippen molar-refractivity contribution < 1.29 is 19.4 Å². The van der Waals surface area contributed by atoms with Crippen molar-refractivity contribution in [3.8, 4) is 0 Å². The van der Waals surface area contributed by atoms with Gasteiger partial charge in [0.1, 0.15) is 5.54 Å². The van der Waals surface area contributed by atoms with E-state index in [0.717, 1.165) is 0 Å². The summed E-state index contributed by atoms with van der Waals surface area (Å²) in [6.07, 6.45) is 0.398. The SMILES string of the molecule is Nc1c(Cl)cc(C(=O)NC2(C(=O)O)CCOCC2)cc1Cl. The van der Waals surface area contributed by atoms with Gasteiger partial charge in [-0.1, -0.05) is 23.2 Å². The maximum atomic E-state index is 12.3. The van der Waals surface area contributed by atoms with Crippen LogP contribution in [0.3, 0.4) is 0 Å². The maximum Gasteiger partial charge on any atom is 0.329 e. The Morgan fingerprint density at radius 3 is 2.24 bits per heavy atom. The highest BCUT2D eigenvalue weighted by atomic mass is 35.5. The van der Waals surface area contributed by atoms with Crippen LogP contribution in [0.5, 0.6) is 0 Å². The van der Waals surface area contributed by atoms with Crippen LogP contribution in [0.2, 0.25) is 10.0 Å². The van der Waals surface area contributed by atoms with Gasteiger partial charge >= 0.3 is 5.97 Å². The lowest BCUT2D eigenvalue weighted by Gasteiger charge is -2.33. The molecule has 1 heterocycles. The fraction of sp³-hybridized carbons (Fsp3) is 0.385. The normalized spacial score (nSPS) is 17.2. The third-order valence-electron chi connectivity index (χ3n) is 3.45. The highest BCUT2D eigenvalue weighted by Gasteiger charge is 2.41. The third-order valence-corrected chi connectivity index (χ3v) is 4.08. The number of nitrogens with two attached hydrogens (primary N) is 1. The first kappa shape index (κ1) is 15.9. The molecule has 1 aromatic rings. The molecular weight excluding hydrogens is 319 g/mol. The molecule has 1 fully saturated rings. The average Bonchev–Trinajstić information content (AvgIpc) is 2.45. The number of hydrogen-bond acceptors (Lipinski definition) is 4. The minimum atomic E-state index is -1.34. The average molecular weight is 333 g/mol. The van der Waals surface area contributed by atoms with E-state index < -0.39 is 17.4 Å². The summed E-state index contributed by atoms with van der Waals surface area (Å²) in [7, 11) is 0. The van der Waals surface area contributed by atoms with Crippen LogP contribution in [0.4, 0.5) is 5.69 Å². The maximum absolute atomic E-state index is 12.3. The molecule has 0 spiro atoms. The van der Waals surface area contributed by atoms with E-state index in [2.05, 4.69) is 5.32 Å². The number of nitrogens with one attached hydrogen (secondary N) is 1. The lowest BCUT2D eigenvalue weighted by atomic mass is 9.89. The molecule has 114 valence electrons. The van der Waals surface area contributed by atoms with E-state index in [0.29, 0.717) is 0 Å². The number of carbonyl (C=O) groups excluding carboxylic acids is 1. The van der Waals surface area contributed by atoms with Crippen LogP contribution in [-0.4, -0.2) is 35.7 Å². The summed E-state index contributed by atoms with van der Waals surface area (Å²) >= 11 is 11.8. The molecule has 0 saturated carbocycles. The number of carbonyl (C=O) groups is 2. The van der Waals surface area contributed by atoms with Gasteiger partial charge in [0, 0.05) is 31.6 Å². The summed E-state index contributed by atoms with van der Waals surface area (Å²) in [5.41, 5.74) is 4.60. The summed E-state index contributed by atoms with van der Waals surface area (Å²) in [6.45, 7) is 0.547. The van der Waals surface area contributed by atoms with Crippen molar-refractivity contribution in [3.63, 3.8) is 0 Å². The highest BCUT2D eigenvalue weighted by molar-refractivity contribution is 6.39. The Balaban J connectivity index is 2.25. The fourth-order valence-electron chi connectivity index (χ4n) is 2.12. The summed E-state index contributed by atoms with van der Waals surface area (Å²) < 4.78 is 5.14. The van der Waals surface area contributed by atoms with E-state index in [-0.39, 0.29) is 47.4 Å². The van der Waals surface area contributed by atoms with Crippen molar-refractivity contribution in [1.29, 1.82) is 0 Å². The number of rotatable bonds is 3. The summed E-state index contributed by atoms with van der Waals surface area (Å²) in [4.78, 5) is 23.8. The van der Waals surface area contributed by atoms with E-state index in [4.69, 9.17) is 33.7 Å². The molecule has 6 nitrogen and oxygen atoms in total. The molecule has 1 aromatic carbocycles. The molecule has 0 atom stereocenters. The van der Waals surface area contributed by atoms with E-state index >= 15 is 0 Å². The highest BCUT2D eigenvalue weighted by Crippen LogP contribution is 2.29. The first-order chi connectivity index (χ1) is 9.85. The van der Waals surface area contributed by atoms with E-state index in [1.807, 2.05) is 0 Å². The van der Waals surface area contributed by atoms with Gasteiger partial charge in [0.15, 0.2) is 0 Å². The first-order valence-corrected chi connectivity index (χ1v) is 6.99. The van der Waals surface area contributed by atoms with Gasteiger partial charge in [-0.3, -0.25) is 4.79 Å². The van der Waals surface area contributed by atoms with Crippen molar-refractivity contribution >= 4 is 40.8 Å². The van der Waals surface area contributed by atoms with E-state index in [1.165, 1.54) is 12.1 Å². The van der Waals surface area contributed by atoms with Crippen molar-refractivity contribution in [3.05, 3.63) is 27.7 Å². The zero-order chi connectivity index (χ0) is 15.6. The number of nitrogen functional groups attached to an aromatic ring is 1. The van der Waals surface area contributed by atoms with Gasteiger partial charge in [-0.05, 0) is 12.1 Å². The van der Waals surface area contributed by atoms with Crippen molar-refractivity contribution in [2.45, 2.75) is 18.4 Å². The quantitative estimate of drug-likeness (QED) is 0.734. The van der Waals surface area contributed by atoms with Crippen LogP contribution >= 0.6 is 23.2 Å². The Morgan fingerprint density at radius 2 is 1.76 bits per heavy atom. The number of benzene rings is 1. The van der Waals surface area contributed by atoms with Gasteiger partial charge in [0.05, 0.1) is 15.7 Å².